The predicted molar refractivity (Wildman–Crippen MR) is 46.7 cm³/mol. The van der Waals surface area contributed by atoms with E-state index in [0.717, 1.165) is 19.4 Å². The lowest BCUT2D eigenvalue weighted by atomic mass is 9.93. The van der Waals surface area contributed by atoms with Crippen molar-refractivity contribution in [1.29, 1.82) is 5.26 Å². The van der Waals surface area contributed by atoms with Crippen molar-refractivity contribution in [1.82, 2.24) is 5.32 Å². The molecule has 1 rings (SSSR count). The van der Waals surface area contributed by atoms with Gasteiger partial charge >= 0.3 is 0 Å². The summed E-state index contributed by atoms with van der Waals surface area (Å²) in [6, 6.07) is 2.65. The summed E-state index contributed by atoms with van der Waals surface area (Å²) in [5.74, 6) is 0. The Morgan fingerprint density at radius 1 is 1.58 bits per heavy atom. The molecule has 1 aliphatic heterocycles. The smallest absolute Gasteiger partial charge is 0.130 e. The number of rotatable bonds is 2. The molecule has 0 amide bonds. The fourth-order valence-corrected chi connectivity index (χ4v) is 1.58. The molecule has 68 valence electrons. The third-order valence-electron chi connectivity index (χ3n) is 2.02. The van der Waals surface area contributed by atoms with E-state index in [4.69, 9.17) is 10.00 Å². The van der Waals surface area contributed by atoms with Gasteiger partial charge in [0.15, 0.2) is 0 Å². The van der Waals surface area contributed by atoms with Crippen molar-refractivity contribution < 1.29 is 4.74 Å². The zero-order valence-corrected chi connectivity index (χ0v) is 7.76. The van der Waals surface area contributed by atoms with Crippen LogP contribution in [0.15, 0.2) is 0 Å². The van der Waals surface area contributed by atoms with Gasteiger partial charge in [-0.05, 0) is 26.7 Å². The molecule has 1 aliphatic rings. The Balaban J connectivity index is 2.55. The molecule has 12 heavy (non-hydrogen) atoms. The Hall–Kier alpha value is -0.590. The Morgan fingerprint density at radius 3 is 2.75 bits per heavy atom. The third kappa shape index (κ3) is 2.20. The average Bonchev–Trinajstić information content (AvgIpc) is 2.05. The molecule has 1 unspecified atom stereocenters. The van der Waals surface area contributed by atoms with E-state index in [2.05, 4.69) is 11.4 Å². The number of hydrogen-bond donors (Lipinski definition) is 1. The van der Waals surface area contributed by atoms with Gasteiger partial charge in [-0.3, -0.25) is 5.32 Å². The lowest BCUT2D eigenvalue weighted by Gasteiger charge is -2.33. The van der Waals surface area contributed by atoms with Crippen LogP contribution in [-0.2, 0) is 4.74 Å². The Kier molecular flexibility index (Phi) is 3.07. The molecular weight excluding hydrogens is 152 g/mol. The van der Waals surface area contributed by atoms with Crippen molar-refractivity contribution in [2.75, 3.05) is 13.2 Å². The van der Waals surface area contributed by atoms with Gasteiger partial charge in [0.05, 0.1) is 12.7 Å². The molecule has 0 aromatic rings. The second kappa shape index (κ2) is 3.88. The van der Waals surface area contributed by atoms with Crippen molar-refractivity contribution in [3.8, 4) is 6.07 Å². The minimum absolute atomic E-state index is 0.339. The van der Waals surface area contributed by atoms with Crippen molar-refractivity contribution in [3.05, 3.63) is 0 Å². The third-order valence-corrected chi connectivity index (χ3v) is 2.02. The van der Waals surface area contributed by atoms with Crippen LogP contribution in [0.1, 0.15) is 26.7 Å². The molecule has 0 radical (unpaired) electrons. The van der Waals surface area contributed by atoms with E-state index in [-0.39, 0.29) is 0 Å². The van der Waals surface area contributed by atoms with E-state index in [9.17, 15) is 0 Å². The number of nitrogens with zero attached hydrogens (tertiary/aromatic N) is 1. The zero-order chi connectivity index (χ0) is 9.03. The minimum atomic E-state index is -0.424. The summed E-state index contributed by atoms with van der Waals surface area (Å²) >= 11 is 0. The van der Waals surface area contributed by atoms with Gasteiger partial charge in [0.2, 0.25) is 0 Å². The molecule has 0 aromatic carbocycles. The lowest BCUT2D eigenvalue weighted by molar-refractivity contribution is 0.0410. The molecule has 0 spiro atoms. The van der Waals surface area contributed by atoms with E-state index in [0.29, 0.717) is 12.6 Å². The molecule has 1 atom stereocenters. The average molecular weight is 168 g/mol. The summed E-state index contributed by atoms with van der Waals surface area (Å²) in [5.41, 5.74) is -0.424. The normalized spacial score (nSPS) is 30.2. The summed E-state index contributed by atoms with van der Waals surface area (Å²) in [6.07, 6.45) is 1.88. The maximum atomic E-state index is 9.00. The van der Waals surface area contributed by atoms with Crippen LogP contribution >= 0.6 is 0 Å². The highest BCUT2D eigenvalue weighted by molar-refractivity contribution is 5.08. The van der Waals surface area contributed by atoms with Gasteiger partial charge in [0, 0.05) is 12.6 Å². The summed E-state index contributed by atoms with van der Waals surface area (Å²) in [5, 5.41) is 12.3. The standard InChI is InChI=1S/C9H16N2O/c1-8(2)11-9(6-10)4-3-5-12-7-9/h8,11H,3-5,7H2,1-2H3. The quantitative estimate of drug-likeness (QED) is 0.670. The van der Waals surface area contributed by atoms with Crippen molar-refractivity contribution >= 4 is 0 Å². The second-order valence-corrected chi connectivity index (χ2v) is 3.65. The zero-order valence-electron chi connectivity index (χ0n) is 7.76. The van der Waals surface area contributed by atoms with Gasteiger partial charge in [-0.25, -0.2) is 0 Å². The van der Waals surface area contributed by atoms with Crippen molar-refractivity contribution in [3.63, 3.8) is 0 Å². The van der Waals surface area contributed by atoms with Crippen LogP contribution in [0.5, 0.6) is 0 Å². The number of nitrogens with one attached hydrogen (secondary N) is 1. The van der Waals surface area contributed by atoms with Gasteiger partial charge in [0.25, 0.3) is 0 Å². The maximum absolute atomic E-state index is 9.00. The number of ether oxygens (including phenoxy) is 1. The molecule has 1 heterocycles. The van der Waals surface area contributed by atoms with Gasteiger partial charge in [0.1, 0.15) is 5.54 Å². The molecule has 3 nitrogen and oxygen atoms in total. The molecule has 0 aliphatic carbocycles. The first-order valence-electron chi connectivity index (χ1n) is 4.45. The first-order valence-corrected chi connectivity index (χ1v) is 4.45. The monoisotopic (exact) mass is 168 g/mol. The highest BCUT2D eigenvalue weighted by Gasteiger charge is 2.32. The largest absolute Gasteiger partial charge is 0.378 e. The maximum Gasteiger partial charge on any atom is 0.130 e. The molecular formula is C9H16N2O. The number of hydrogen-bond acceptors (Lipinski definition) is 3. The second-order valence-electron chi connectivity index (χ2n) is 3.65. The summed E-state index contributed by atoms with van der Waals surface area (Å²) in [7, 11) is 0. The highest BCUT2D eigenvalue weighted by atomic mass is 16.5. The molecule has 0 bridgehead atoms. The predicted octanol–water partition coefficient (Wildman–Crippen LogP) is 1.06. The van der Waals surface area contributed by atoms with E-state index in [1.807, 2.05) is 13.8 Å². The van der Waals surface area contributed by atoms with E-state index in [1.165, 1.54) is 0 Å². The van der Waals surface area contributed by atoms with Crippen LogP contribution in [0.2, 0.25) is 0 Å². The molecule has 1 N–H and O–H groups in total. The van der Waals surface area contributed by atoms with Crippen LogP contribution in [0.25, 0.3) is 0 Å². The van der Waals surface area contributed by atoms with Crippen LogP contribution in [0, 0.1) is 11.3 Å². The fraction of sp³-hybridized carbons (Fsp3) is 0.889. The lowest BCUT2D eigenvalue weighted by Crippen LogP contribution is -2.53. The minimum Gasteiger partial charge on any atom is -0.378 e. The Morgan fingerprint density at radius 2 is 2.33 bits per heavy atom. The van der Waals surface area contributed by atoms with Crippen LogP contribution in [0.4, 0.5) is 0 Å². The van der Waals surface area contributed by atoms with E-state index in [1.54, 1.807) is 0 Å². The molecule has 1 saturated heterocycles. The summed E-state index contributed by atoms with van der Waals surface area (Å²) in [4.78, 5) is 0. The molecule has 3 heteroatoms. The molecule has 1 fully saturated rings. The van der Waals surface area contributed by atoms with Gasteiger partial charge < -0.3 is 4.74 Å². The van der Waals surface area contributed by atoms with E-state index >= 15 is 0 Å². The molecule has 0 aromatic heterocycles. The van der Waals surface area contributed by atoms with Gasteiger partial charge in [-0.1, -0.05) is 0 Å². The Labute approximate surface area is 73.7 Å². The topological polar surface area (TPSA) is 45.0 Å². The Bertz CT molecular complexity index is 177. The van der Waals surface area contributed by atoms with Gasteiger partial charge in [-0.15, -0.1) is 0 Å². The molecule has 0 saturated carbocycles. The van der Waals surface area contributed by atoms with Crippen molar-refractivity contribution in [2.24, 2.45) is 0 Å². The van der Waals surface area contributed by atoms with Crippen LogP contribution < -0.4 is 5.32 Å². The first-order chi connectivity index (χ1) is 5.68. The summed E-state index contributed by atoms with van der Waals surface area (Å²) in [6.45, 7) is 5.42. The van der Waals surface area contributed by atoms with Crippen molar-refractivity contribution in [2.45, 2.75) is 38.3 Å². The fourth-order valence-electron chi connectivity index (χ4n) is 1.58. The summed E-state index contributed by atoms with van der Waals surface area (Å²) < 4.78 is 5.29. The highest BCUT2D eigenvalue weighted by Crippen LogP contribution is 2.18. The number of nitriles is 1. The van der Waals surface area contributed by atoms with Crippen LogP contribution in [0.3, 0.4) is 0 Å². The van der Waals surface area contributed by atoms with Gasteiger partial charge in [-0.2, -0.15) is 5.26 Å². The van der Waals surface area contributed by atoms with E-state index < -0.39 is 5.54 Å². The first kappa shape index (κ1) is 9.50. The SMILES string of the molecule is CC(C)NC1(C#N)CCCOC1. The van der Waals surface area contributed by atoms with Crippen LogP contribution in [-0.4, -0.2) is 24.8 Å².